The van der Waals surface area contributed by atoms with E-state index in [9.17, 15) is 0 Å². The monoisotopic (exact) mass is 195 g/mol. The molecule has 4 heteroatoms. The first kappa shape index (κ1) is 9.65. The Labute approximate surface area is 49.1 Å². The molecule has 5 heavy (non-hydrogen) atoms. The summed E-state index contributed by atoms with van der Waals surface area (Å²) >= 11 is -2.06. The van der Waals surface area contributed by atoms with E-state index >= 15 is 0 Å². The van der Waals surface area contributed by atoms with Crippen LogP contribution in [0.1, 0.15) is 0 Å². The van der Waals surface area contributed by atoms with Crippen LogP contribution >= 0.6 is 30.0 Å². The van der Waals surface area contributed by atoms with Crippen LogP contribution in [-0.2, 0) is 0 Å². The van der Waals surface area contributed by atoms with Gasteiger partial charge >= 0.3 is 41.6 Å². The van der Waals surface area contributed by atoms with Gasteiger partial charge in [-0.05, 0) is 0 Å². The predicted octanol–water partition coefficient (Wildman–Crippen LogP) is 1.87. The molecule has 0 atom stereocenters. The summed E-state index contributed by atoms with van der Waals surface area (Å²) in [5, 5.41) is 0. The molecule has 0 saturated carbocycles. The molecule has 33 valence electrons. The minimum atomic E-state index is -2.06. The van der Waals surface area contributed by atoms with Crippen molar-refractivity contribution in [3.8, 4) is 0 Å². The average molecular weight is 195 g/mol. The van der Waals surface area contributed by atoms with Crippen molar-refractivity contribution in [1.82, 2.24) is 0 Å². The van der Waals surface area contributed by atoms with Crippen LogP contribution in [0.5, 0.6) is 0 Å². The Morgan fingerprint density at radius 3 is 1.00 bits per heavy atom. The Kier molecular flexibility index (Phi) is 10.4. The summed E-state index contributed by atoms with van der Waals surface area (Å²) in [6.07, 6.45) is 0. The second kappa shape index (κ2) is 5.41. The molecule has 0 N–H and O–H groups in total. The molecule has 0 aliphatic heterocycles. The molecule has 0 spiro atoms. The minimum absolute atomic E-state index is 0. The maximum atomic E-state index is 4.99. The first-order chi connectivity index (χ1) is 1.73. The van der Waals surface area contributed by atoms with Gasteiger partial charge in [-0.3, -0.25) is 0 Å². The van der Waals surface area contributed by atoms with Crippen molar-refractivity contribution >= 4 is 41.6 Å². The summed E-state index contributed by atoms with van der Waals surface area (Å²) in [7, 11) is 15.0. The van der Waals surface area contributed by atoms with Gasteiger partial charge in [-0.1, -0.05) is 7.43 Å². The molecule has 0 bridgehead atoms. The van der Waals surface area contributed by atoms with Crippen molar-refractivity contribution in [2.24, 2.45) is 0 Å². The summed E-state index contributed by atoms with van der Waals surface area (Å²) in [4.78, 5) is 0. The third kappa shape index (κ3) is 31.6. The van der Waals surface area contributed by atoms with Crippen molar-refractivity contribution in [3.63, 3.8) is 0 Å². The molecule has 0 aromatic heterocycles. The topological polar surface area (TPSA) is 0 Å². The zero-order chi connectivity index (χ0) is 3.58. The summed E-state index contributed by atoms with van der Waals surface area (Å²) < 4.78 is 0. The van der Waals surface area contributed by atoms with Gasteiger partial charge in [0.1, 0.15) is 0 Å². The second-order valence-corrected chi connectivity index (χ2v) is 11.6. The molecule has 0 nitrogen and oxygen atoms in total. The van der Waals surface area contributed by atoms with Gasteiger partial charge in [-0.15, -0.1) is 0 Å². The standard InChI is InChI=1S/CH3.Cl3GeH/c;1-4(2)3/h1H3;4H. The van der Waals surface area contributed by atoms with Crippen LogP contribution in [0.3, 0.4) is 0 Å². The van der Waals surface area contributed by atoms with E-state index < -0.39 is 11.6 Å². The molecule has 0 rings (SSSR count). The fourth-order valence-electron chi connectivity index (χ4n) is 0. The number of hydrogen-bond acceptors (Lipinski definition) is 0. The molecular weight excluding hydrogens is 191 g/mol. The summed E-state index contributed by atoms with van der Waals surface area (Å²) in [6.45, 7) is 0. The summed E-state index contributed by atoms with van der Waals surface area (Å²) in [5.41, 5.74) is 0. The van der Waals surface area contributed by atoms with Crippen molar-refractivity contribution in [3.05, 3.63) is 7.43 Å². The maximum absolute atomic E-state index is 4.99. The summed E-state index contributed by atoms with van der Waals surface area (Å²) in [5.74, 6) is 0. The van der Waals surface area contributed by atoms with Crippen LogP contribution in [0.2, 0.25) is 0 Å². The molecule has 0 aromatic rings. The van der Waals surface area contributed by atoms with Crippen molar-refractivity contribution in [2.45, 2.75) is 0 Å². The molecule has 0 amide bonds. The number of hydrogen-bond donors (Lipinski definition) is 0. The number of halogens is 3. The second-order valence-electron chi connectivity index (χ2n) is 0.247. The van der Waals surface area contributed by atoms with Crippen LogP contribution in [0.4, 0.5) is 0 Å². The predicted molar refractivity (Wildman–Crippen MR) is 31.1 cm³/mol. The zero-order valence-electron chi connectivity index (χ0n) is 2.71. The fourth-order valence-corrected chi connectivity index (χ4v) is 0. The summed E-state index contributed by atoms with van der Waals surface area (Å²) in [6, 6.07) is 0. The molecule has 0 unspecified atom stereocenters. The van der Waals surface area contributed by atoms with Gasteiger partial charge in [0.2, 0.25) is 0 Å². The Hall–Kier alpha value is 1.41. The van der Waals surface area contributed by atoms with Gasteiger partial charge in [0.25, 0.3) is 0 Å². The van der Waals surface area contributed by atoms with E-state index in [1.54, 1.807) is 0 Å². The zero-order valence-corrected chi connectivity index (χ0v) is 7.40. The van der Waals surface area contributed by atoms with E-state index in [0.717, 1.165) is 0 Å². The van der Waals surface area contributed by atoms with Crippen LogP contribution in [-0.4, -0.2) is 11.6 Å². The van der Waals surface area contributed by atoms with E-state index in [4.69, 9.17) is 30.0 Å². The Bertz CT molecular complexity index is 11.6. The third-order valence-electron chi connectivity index (χ3n) is 0. The quantitative estimate of drug-likeness (QED) is 0.517. The Morgan fingerprint density at radius 1 is 1.00 bits per heavy atom. The van der Waals surface area contributed by atoms with E-state index in [2.05, 4.69) is 0 Å². The van der Waals surface area contributed by atoms with Gasteiger partial charge in [0, 0.05) is 0 Å². The molecule has 0 aliphatic carbocycles. The molecule has 0 saturated heterocycles. The average Bonchev–Trinajstić information content (AvgIpc) is 0.811. The fraction of sp³-hybridized carbons (Fsp3) is 0. The van der Waals surface area contributed by atoms with Crippen LogP contribution < -0.4 is 0 Å². The normalized spacial score (nSPS) is 7.20. The molecular formula is CH4Cl3Ge. The van der Waals surface area contributed by atoms with Gasteiger partial charge < -0.3 is 0 Å². The molecule has 0 aromatic carbocycles. The molecule has 0 fully saturated rings. The van der Waals surface area contributed by atoms with Gasteiger partial charge in [-0.2, -0.15) is 0 Å². The van der Waals surface area contributed by atoms with Gasteiger partial charge in [-0.25, -0.2) is 0 Å². The van der Waals surface area contributed by atoms with Crippen molar-refractivity contribution in [1.29, 1.82) is 0 Å². The van der Waals surface area contributed by atoms with E-state index in [1.807, 2.05) is 0 Å². The van der Waals surface area contributed by atoms with Gasteiger partial charge in [0.15, 0.2) is 0 Å². The first-order valence-corrected chi connectivity index (χ1v) is 10.2. The number of rotatable bonds is 0. The van der Waals surface area contributed by atoms with Crippen molar-refractivity contribution in [2.75, 3.05) is 0 Å². The molecule has 1 radical (unpaired) electrons. The first-order valence-electron chi connectivity index (χ1n) is 0.655. The van der Waals surface area contributed by atoms with Crippen molar-refractivity contribution < 1.29 is 0 Å². The van der Waals surface area contributed by atoms with Gasteiger partial charge in [0.05, 0.1) is 0 Å². The SMILES string of the molecule is [CH3].[Cl][GeH]([Cl])[Cl]. The van der Waals surface area contributed by atoms with E-state index in [-0.39, 0.29) is 7.43 Å². The Morgan fingerprint density at radius 2 is 1.00 bits per heavy atom. The molecule has 0 aliphatic rings. The Balaban J connectivity index is 0. The third-order valence-corrected chi connectivity index (χ3v) is 0. The molecule has 0 heterocycles. The van der Waals surface area contributed by atoms with E-state index in [1.165, 1.54) is 0 Å². The van der Waals surface area contributed by atoms with Crippen LogP contribution in [0.25, 0.3) is 0 Å². The van der Waals surface area contributed by atoms with Crippen LogP contribution in [0, 0.1) is 7.43 Å². The van der Waals surface area contributed by atoms with E-state index in [0.29, 0.717) is 0 Å². The van der Waals surface area contributed by atoms with Crippen LogP contribution in [0.15, 0.2) is 0 Å².